The van der Waals surface area contributed by atoms with Crippen molar-refractivity contribution in [2.45, 2.75) is 32.6 Å². The molecule has 6 heteroatoms. The molecule has 1 fully saturated rings. The van der Waals surface area contributed by atoms with Gasteiger partial charge in [-0.05, 0) is 37.3 Å². The second-order valence-corrected chi connectivity index (χ2v) is 6.41. The van der Waals surface area contributed by atoms with Crippen molar-refractivity contribution >= 4 is 11.8 Å². The largest absolute Gasteiger partial charge is 0.497 e. The SMILES string of the molecule is CCCC(=O)NC[C@H]1CCCN(C(=O)c2cc(OC)cc(OC)c2)C1. The number of benzene rings is 1. The number of hydrogen-bond acceptors (Lipinski definition) is 4. The minimum Gasteiger partial charge on any atom is -0.497 e. The lowest BCUT2D eigenvalue weighted by Crippen LogP contribution is -2.43. The third-order valence-electron chi connectivity index (χ3n) is 4.47. The number of carbonyl (C=O) groups is 2. The van der Waals surface area contributed by atoms with Gasteiger partial charge in [0.05, 0.1) is 14.2 Å². The zero-order chi connectivity index (χ0) is 18.2. The first-order valence-electron chi connectivity index (χ1n) is 8.86. The summed E-state index contributed by atoms with van der Waals surface area (Å²) < 4.78 is 10.5. The van der Waals surface area contributed by atoms with Crippen LogP contribution >= 0.6 is 0 Å². The highest BCUT2D eigenvalue weighted by molar-refractivity contribution is 5.95. The molecule has 0 unspecified atom stereocenters. The van der Waals surface area contributed by atoms with Gasteiger partial charge in [-0.1, -0.05) is 6.92 Å². The Morgan fingerprint density at radius 2 is 1.88 bits per heavy atom. The van der Waals surface area contributed by atoms with Crippen molar-refractivity contribution in [3.63, 3.8) is 0 Å². The number of rotatable bonds is 7. The highest BCUT2D eigenvalue weighted by Gasteiger charge is 2.25. The van der Waals surface area contributed by atoms with E-state index in [9.17, 15) is 9.59 Å². The summed E-state index contributed by atoms with van der Waals surface area (Å²) in [6, 6.07) is 5.22. The second kappa shape index (κ2) is 9.30. The van der Waals surface area contributed by atoms with Crippen LogP contribution in [0.1, 0.15) is 43.0 Å². The van der Waals surface area contributed by atoms with Gasteiger partial charge in [-0.25, -0.2) is 0 Å². The highest BCUT2D eigenvalue weighted by atomic mass is 16.5. The molecule has 6 nitrogen and oxygen atoms in total. The number of piperidine rings is 1. The summed E-state index contributed by atoms with van der Waals surface area (Å²) in [5.74, 6) is 1.56. The third-order valence-corrected chi connectivity index (χ3v) is 4.47. The van der Waals surface area contributed by atoms with Crippen LogP contribution in [0.3, 0.4) is 0 Å². The average molecular weight is 348 g/mol. The van der Waals surface area contributed by atoms with E-state index in [2.05, 4.69) is 5.32 Å². The number of amides is 2. The molecule has 0 radical (unpaired) electrons. The molecular formula is C19H28N2O4. The maximum absolute atomic E-state index is 12.8. The molecule has 1 aliphatic heterocycles. The molecule has 1 N–H and O–H groups in total. The molecule has 25 heavy (non-hydrogen) atoms. The first kappa shape index (κ1) is 19.1. The van der Waals surface area contributed by atoms with Crippen molar-refractivity contribution in [3.05, 3.63) is 23.8 Å². The molecule has 1 saturated heterocycles. The Kier molecular flexibility index (Phi) is 7.10. The standard InChI is InChI=1S/C19H28N2O4/c1-4-6-18(22)20-12-14-7-5-8-21(13-14)19(23)15-9-16(24-2)11-17(10-15)25-3/h9-11,14H,4-8,12-13H2,1-3H3,(H,20,22)/t14-/m1/s1. The van der Waals surface area contributed by atoms with Crippen LogP contribution in [-0.4, -0.2) is 50.6 Å². The Balaban J connectivity index is 2.00. The van der Waals surface area contributed by atoms with Crippen molar-refractivity contribution in [3.8, 4) is 11.5 Å². The fraction of sp³-hybridized carbons (Fsp3) is 0.579. The molecule has 1 aromatic carbocycles. The summed E-state index contributed by atoms with van der Waals surface area (Å²) in [6.45, 7) is 4.01. The van der Waals surface area contributed by atoms with Crippen LogP contribution in [0.2, 0.25) is 0 Å². The van der Waals surface area contributed by atoms with Gasteiger partial charge in [-0.3, -0.25) is 9.59 Å². The predicted octanol–water partition coefficient (Wildman–Crippen LogP) is 2.47. The molecule has 1 heterocycles. The van der Waals surface area contributed by atoms with E-state index in [1.807, 2.05) is 11.8 Å². The number of likely N-dealkylation sites (tertiary alicyclic amines) is 1. The van der Waals surface area contributed by atoms with Crippen molar-refractivity contribution in [1.29, 1.82) is 0 Å². The zero-order valence-corrected chi connectivity index (χ0v) is 15.3. The molecule has 0 bridgehead atoms. The van der Waals surface area contributed by atoms with Crippen molar-refractivity contribution < 1.29 is 19.1 Å². The molecule has 2 amide bonds. The Hall–Kier alpha value is -2.24. The van der Waals surface area contributed by atoms with Crippen molar-refractivity contribution in [2.24, 2.45) is 5.92 Å². The Bertz CT molecular complexity index is 581. The highest BCUT2D eigenvalue weighted by Crippen LogP contribution is 2.25. The fourth-order valence-corrected chi connectivity index (χ4v) is 3.10. The summed E-state index contributed by atoms with van der Waals surface area (Å²) in [4.78, 5) is 26.3. The number of carbonyl (C=O) groups excluding carboxylic acids is 2. The van der Waals surface area contributed by atoms with Crippen molar-refractivity contribution in [1.82, 2.24) is 10.2 Å². The van der Waals surface area contributed by atoms with E-state index in [4.69, 9.17) is 9.47 Å². The number of nitrogens with one attached hydrogen (secondary N) is 1. The van der Waals surface area contributed by atoms with Crippen LogP contribution in [-0.2, 0) is 4.79 Å². The number of hydrogen-bond donors (Lipinski definition) is 1. The fourth-order valence-electron chi connectivity index (χ4n) is 3.10. The Morgan fingerprint density at radius 1 is 1.20 bits per heavy atom. The summed E-state index contributed by atoms with van der Waals surface area (Å²) in [7, 11) is 3.14. The molecule has 0 aromatic heterocycles. The van der Waals surface area contributed by atoms with Crippen LogP contribution in [0.15, 0.2) is 18.2 Å². The summed E-state index contributed by atoms with van der Waals surface area (Å²) in [5, 5.41) is 2.97. The molecule has 138 valence electrons. The lowest BCUT2D eigenvalue weighted by Gasteiger charge is -2.33. The number of nitrogens with zero attached hydrogens (tertiary/aromatic N) is 1. The molecular weight excluding hydrogens is 320 g/mol. The monoisotopic (exact) mass is 348 g/mol. The number of ether oxygens (including phenoxy) is 2. The smallest absolute Gasteiger partial charge is 0.254 e. The van der Waals surface area contributed by atoms with Crippen LogP contribution in [0.4, 0.5) is 0 Å². The maximum atomic E-state index is 12.8. The molecule has 0 spiro atoms. The second-order valence-electron chi connectivity index (χ2n) is 6.41. The number of methoxy groups -OCH3 is 2. The lowest BCUT2D eigenvalue weighted by molar-refractivity contribution is -0.121. The lowest BCUT2D eigenvalue weighted by atomic mass is 9.97. The average Bonchev–Trinajstić information content (AvgIpc) is 2.65. The Morgan fingerprint density at radius 3 is 2.48 bits per heavy atom. The normalized spacial score (nSPS) is 17.1. The summed E-state index contributed by atoms with van der Waals surface area (Å²) in [5.41, 5.74) is 0.562. The molecule has 2 rings (SSSR count). The van der Waals surface area contributed by atoms with Gasteiger partial charge in [-0.15, -0.1) is 0 Å². The molecule has 0 aliphatic carbocycles. The first-order valence-corrected chi connectivity index (χ1v) is 8.86. The van der Waals surface area contributed by atoms with Crippen molar-refractivity contribution in [2.75, 3.05) is 33.9 Å². The maximum Gasteiger partial charge on any atom is 0.254 e. The van der Waals surface area contributed by atoms with Gasteiger partial charge in [0.25, 0.3) is 5.91 Å². The topological polar surface area (TPSA) is 67.9 Å². The Labute approximate surface area is 149 Å². The van der Waals surface area contributed by atoms with E-state index >= 15 is 0 Å². The van der Waals surface area contributed by atoms with E-state index < -0.39 is 0 Å². The van der Waals surface area contributed by atoms with Crippen LogP contribution in [0, 0.1) is 5.92 Å². The zero-order valence-electron chi connectivity index (χ0n) is 15.3. The van der Waals surface area contributed by atoms with Crippen LogP contribution < -0.4 is 14.8 Å². The van der Waals surface area contributed by atoms with E-state index in [1.54, 1.807) is 32.4 Å². The third kappa shape index (κ3) is 5.37. The predicted molar refractivity (Wildman–Crippen MR) is 96.1 cm³/mol. The molecule has 1 atom stereocenters. The molecule has 1 aliphatic rings. The van der Waals surface area contributed by atoms with Gasteiger partial charge in [0, 0.05) is 37.7 Å². The van der Waals surface area contributed by atoms with Gasteiger partial charge in [-0.2, -0.15) is 0 Å². The van der Waals surface area contributed by atoms with Gasteiger partial charge < -0.3 is 19.7 Å². The van der Waals surface area contributed by atoms with Gasteiger partial charge in [0.1, 0.15) is 11.5 Å². The van der Waals surface area contributed by atoms with E-state index in [0.29, 0.717) is 42.5 Å². The van der Waals surface area contributed by atoms with E-state index in [1.165, 1.54) is 0 Å². The van der Waals surface area contributed by atoms with E-state index in [-0.39, 0.29) is 11.8 Å². The first-order chi connectivity index (χ1) is 12.1. The van der Waals surface area contributed by atoms with Crippen LogP contribution in [0.25, 0.3) is 0 Å². The minimum atomic E-state index is -0.0261. The molecule has 1 aromatic rings. The summed E-state index contributed by atoms with van der Waals surface area (Å²) in [6.07, 6.45) is 3.37. The molecule has 0 saturated carbocycles. The van der Waals surface area contributed by atoms with Gasteiger partial charge in [0.15, 0.2) is 0 Å². The minimum absolute atomic E-state index is 0.0261. The quantitative estimate of drug-likeness (QED) is 0.822. The summed E-state index contributed by atoms with van der Waals surface area (Å²) >= 11 is 0. The van der Waals surface area contributed by atoms with Gasteiger partial charge >= 0.3 is 0 Å². The van der Waals surface area contributed by atoms with Crippen LogP contribution in [0.5, 0.6) is 11.5 Å². The van der Waals surface area contributed by atoms with E-state index in [0.717, 1.165) is 25.8 Å². The van der Waals surface area contributed by atoms with Gasteiger partial charge in [0.2, 0.25) is 5.91 Å².